The molecule has 1 aromatic carbocycles. The number of carboxylic acid groups (broad SMARTS) is 1. The van der Waals surface area contributed by atoms with Gasteiger partial charge in [-0.2, -0.15) is 0 Å². The smallest absolute Gasteiger partial charge is 0.325 e. The molecule has 0 heterocycles. The van der Waals surface area contributed by atoms with E-state index < -0.39 is 12.0 Å². The third kappa shape index (κ3) is 2.43. The number of carbonyl (C=O) groups is 1. The van der Waals surface area contributed by atoms with Gasteiger partial charge in [-0.15, -0.1) is 0 Å². The van der Waals surface area contributed by atoms with E-state index >= 15 is 0 Å². The molecule has 3 N–H and O–H groups in total. The number of para-hydroxylation sites is 1. The van der Waals surface area contributed by atoms with E-state index in [1.807, 2.05) is 6.92 Å². The molecule has 16 heavy (non-hydrogen) atoms. The fourth-order valence-electron chi connectivity index (χ4n) is 1.37. The largest absolute Gasteiger partial charge is 0.493 e. The highest BCUT2D eigenvalue weighted by molar-refractivity contribution is 5.77. The van der Waals surface area contributed by atoms with E-state index in [1.54, 1.807) is 18.2 Å². The van der Waals surface area contributed by atoms with Crippen molar-refractivity contribution in [2.45, 2.75) is 13.0 Å². The number of rotatable bonds is 5. The lowest BCUT2D eigenvalue weighted by Crippen LogP contribution is -2.21. The van der Waals surface area contributed by atoms with Gasteiger partial charge in [0.1, 0.15) is 6.04 Å². The van der Waals surface area contributed by atoms with Gasteiger partial charge in [0.2, 0.25) is 0 Å². The van der Waals surface area contributed by atoms with E-state index in [2.05, 4.69) is 0 Å². The highest BCUT2D eigenvalue weighted by Crippen LogP contribution is 2.34. The van der Waals surface area contributed by atoms with Gasteiger partial charge in [0, 0.05) is 5.56 Å². The number of carboxylic acids is 1. The molecule has 0 radical (unpaired) electrons. The Morgan fingerprint density at radius 2 is 2.25 bits per heavy atom. The lowest BCUT2D eigenvalue weighted by Gasteiger charge is -2.16. The van der Waals surface area contributed by atoms with Crippen LogP contribution in [-0.4, -0.2) is 24.8 Å². The summed E-state index contributed by atoms with van der Waals surface area (Å²) in [6.07, 6.45) is 0. The molecular weight excluding hydrogens is 210 g/mol. The number of hydrogen-bond donors (Lipinski definition) is 2. The van der Waals surface area contributed by atoms with E-state index in [-0.39, 0.29) is 0 Å². The van der Waals surface area contributed by atoms with Crippen molar-refractivity contribution in [3.05, 3.63) is 23.8 Å². The molecule has 0 aliphatic heterocycles. The Kier molecular flexibility index (Phi) is 4.13. The van der Waals surface area contributed by atoms with Crippen molar-refractivity contribution in [2.75, 3.05) is 13.7 Å². The van der Waals surface area contributed by atoms with Crippen LogP contribution in [0.1, 0.15) is 18.5 Å². The molecule has 0 saturated heterocycles. The maximum atomic E-state index is 10.8. The molecule has 0 aliphatic carbocycles. The minimum atomic E-state index is -1.11. The zero-order chi connectivity index (χ0) is 12.1. The molecule has 1 atom stereocenters. The second-order valence-electron chi connectivity index (χ2n) is 3.13. The van der Waals surface area contributed by atoms with E-state index in [9.17, 15) is 4.79 Å². The van der Waals surface area contributed by atoms with E-state index in [1.165, 1.54) is 7.11 Å². The first-order chi connectivity index (χ1) is 7.61. The molecule has 0 spiro atoms. The van der Waals surface area contributed by atoms with Crippen molar-refractivity contribution < 1.29 is 19.4 Å². The van der Waals surface area contributed by atoms with Crippen molar-refractivity contribution in [2.24, 2.45) is 5.73 Å². The molecule has 1 rings (SSSR count). The maximum Gasteiger partial charge on any atom is 0.325 e. The quantitative estimate of drug-likeness (QED) is 0.786. The zero-order valence-electron chi connectivity index (χ0n) is 9.27. The summed E-state index contributed by atoms with van der Waals surface area (Å²) < 4.78 is 10.5. The Morgan fingerprint density at radius 1 is 1.56 bits per heavy atom. The van der Waals surface area contributed by atoms with Crippen LogP contribution in [0, 0.1) is 0 Å². The van der Waals surface area contributed by atoms with Gasteiger partial charge in [-0.05, 0) is 13.0 Å². The van der Waals surface area contributed by atoms with Crippen LogP contribution in [0.4, 0.5) is 0 Å². The fourth-order valence-corrected chi connectivity index (χ4v) is 1.37. The third-order valence-corrected chi connectivity index (χ3v) is 2.12. The molecule has 0 amide bonds. The number of ether oxygens (including phenoxy) is 2. The van der Waals surface area contributed by atoms with Crippen LogP contribution in [-0.2, 0) is 4.79 Å². The Morgan fingerprint density at radius 3 is 2.75 bits per heavy atom. The number of benzene rings is 1. The standard InChI is InChI=1S/C11H15NO4/c1-3-16-10-7(9(12)11(13)14)5-4-6-8(10)15-2/h4-6,9H,3,12H2,1-2H3,(H,13,14). The van der Waals surface area contributed by atoms with Crippen LogP contribution < -0.4 is 15.2 Å². The number of nitrogens with two attached hydrogens (primary N) is 1. The number of methoxy groups -OCH3 is 1. The Bertz CT molecular complexity index is 378. The Hall–Kier alpha value is -1.75. The minimum Gasteiger partial charge on any atom is -0.493 e. The summed E-state index contributed by atoms with van der Waals surface area (Å²) in [6.45, 7) is 2.22. The summed E-state index contributed by atoms with van der Waals surface area (Å²) >= 11 is 0. The molecule has 5 heteroatoms. The number of aliphatic carboxylic acids is 1. The molecule has 5 nitrogen and oxygen atoms in total. The van der Waals surface area contributed by atoms with Crippen molar-refractivity contribution in [3.63, 3.8) is 0 Å². The zero-order valence-corrected chi connectivity index (χ0v) is 9.27. The van der Waals surface area contributed by atoms with Gasteiger partial charge in [0.05, 0.1) is 13.7 Å². The van der Waals surface area contributed by atoms with Gasteiger partial charge in [0.15, 0.2) is 11.5 Å². The molecule has 0 fully saturated rings. The maximum absolute atomic E-state index is 10.8. The van der Waals surface area contributed by atoms with Crippen molar-refractivity contribution in [3.8, 4) is 11.5 Å². The minimum absolute atomic E-state index is 0.391. The fraction of sp³-hybridized carbons (Fsp3) is 0.364. The molecule has 0 aliphatic rings. The van der Waals surface area contributed by atoms with Crippen molar-refractivity contribution >= 4 is 5.97 Å². The summed E-state index contributed by atoms with van der Waals surface area (Å²) in [6, 6.07) is 3.88. The number of hydrogen-bond acceptors (Lipinski definition) is 4. The predicted molar refractivity (Wildman–Crippen MR) is 58.7 cm³/mol. The lowest BCUT2D eigenvalue weighted by molar-refractivity contribution is -0.138. The Balaban J connectivity index is 3.20. The van der Waals surface area contributed by atoms with Crippen LogP contribution in [0.5, 0.6) is 11.5 Å². The molecule has 0 saturated carbocycles. The van der Waals surface area contributed by atoms with Gasteiger partial charge in [0.25, 0.3) is 0 Å². The van der Waals surface area contributed by atoms with Gasteiger partial charge >= 0.3 is 5.97 Å². The van der Waals surface area contributed by atoms with Crippen molar-refractivity contribution in [1.82, 2.24) is 0 Å². The summed E-state index contributed by atoms with van der Waals surface area (Å²) in [4.78, 5) is 10.8. The SMILES string of the molecule is CCOc1c(OC)cccc1C(N)C(=O)O. The third-order valence-electron chi connectivity index (χ3n) is 2.12. The average molecular weight is 225 g/mol. The van der Waals surface area contributed by atoms with Crippen LogP contribution >= 0.6 is 0 Å². The normalized spacial score (nSPS) is 11.9. The molecule has 0 bridgehead atoms. The van der Waals surface area contributed by atoms with Crippen LogP contribution in [0.3, 0.4) is 0 Å². The molecular formula is C11H15NO4. The summed E-state index contributed by atoms with van der Waals surface area (Å²) in [5, 5.41) is 8.87. The van der Waals surface area contributed by atoms with E-state index in [0.717, 1.165) is 0 Å². The highest BCUT2D eigenvalue weighted by atomic mass is 16.5. The molecule has 0 aromatic heterocycles. The second kappa shape index (κ2) is 5.37. The molecule has 1 unspecified atom stereocenters. The summed E-state index contributed by atoms with van der Waals surface area (Å²) in [7, 11) is 1.49. The first-order valence-electron chi connectivity index (χ1n) is 4.89. The van der Waals surface area contributed by atoms with Crippen molar-refractivity contribution in [1.29, 1.82) is 0 Å². The lowest BCUT2D eigenvalue weighted by atomic mass is 10.1. The average Bonchev–Trinajstić information content (AvgIpc) is 2.28. The van der Waals surface area contributed by atoms with Crippen LogP contribution in [0.15, 0.2) is 18.2 Å². The summed E-state index contributed by atoms with van der Waals surface area (Å²) in [5.41, 5.74) is 5.97. The van der Waals surface area contributed by atoms with Crippen LogP contribution in [0.25, 0.3) is 0 Å². The first kappa shape index (κ1) is 12.3. The van der Waals surface area contributed by atoms with E-state index in [4.69, 9.17) is 20.3 Å². The van der Waals surface area contributed by atoms with Gasteiger partial charge in [-0.1, -0.05) is 12.1 Å². The van der Waals surface area contributed by atoms with Gasteiger partial charge in [-0.25, -0.2) is 0 Å². The van der Waals surface area contributed by atoms with Crippen LogP contribution in [0.2, 0.25) is 0 Å². The monoisotopic (exact) mass is 225 g/mol. The highest BCUT2D eigenvalue weighted by Gasteiger charge is 2.21. The van der Waals surface area contributed by atoms with E-state index in [0.29, 0.717) is 23.7 Å². The molecule has 1 aromatic rings. The van der Waals surface area contributed by atoms with Gasteiger partial charge < -0.3 is 20.3 Å². The Labute approximate surface area is 93.8 Å². The topological polar surface area (TPSA) is 81.8 Å². The molecule has 88 valence electrons. The van der Waals surface area contributed by atoms with Gasteiger partial charge in [-0.3, -0.25) is 4.79 Å². The predicted octanol–water partition coefficient (Wildman–Crippen LogP) is 1.18. The second-order valence-corrected chi connectivity index (χ2v) is 3.13. The first-order valence-corrected chi connectivity index (χ1v) is 4.89. The summed E-state index contributed by atoms with van der Waals surface area (Å²) in [5.74, 6) is -0.229.